The Morgan fingerprint density at radius 2 is 1.00 bits per heavy atom. The molecule has 2 aliphatic carbocycles. The Kier molecular flexibility index (Phi) is 1.79. The van der Waals surface area contributed by atoms with Crippen molar-refractivity contribution < 1.29 is 0 Å². The van der Waals surface area contributed by atoms with Gasteiger partial charge in [-0.3, -0.25) is 0 Å². The van der Waals surface area contributed by atoms with Crippen LogP contribution in [0.25, 0.3) is 0 Å². The first kappa shape index (κ1) is 6.45. The van der Waals surface area contributed by atoms with E-state index in [1.165, 1.54) is 51.4 Å². The van der Waals surface area contributed by atoms with Gasteiger partial charge in [0.1, 0.15) is 0 Å². The highest BCUT2D eigenvalue weighted by Gasteiger charge is 2.17. The third-order valence-electron chi connectivity index (χ3n) is 2.71. The summed E-state index contributed by atoms with van der Waals surface area (Å²) in [5.41, 5.74) is 3.67. The maximum atomic E-state index is 1.84. The molecule has 0 nitrogen and oxygen atoms in total. The summed E-state index contributed by atoms with van der Waals surface area (Å²) in [6.45, 7) is 0. The van der Waals surface area contributed by atoms with Crippen LogP contribution in [0.5, 0.6) is 0 Å². The van der Waals surface area contributed by atoms with Gasteiger partial charge in [0.15, 0.2) is 0 Å². The van der Waals surface area contributed by atoms with E-state index in [0.29, 0.717) is 0 Å². The van der Waals surface area contributed by atoms with Crippen molar-refractivity contribution in [3.05, 3.63) is 11.1 Å². The summed E-state index contributed by atoms with van der Waals surface area (Å²) >= 11 is 0. The first-order valence-corrected chi connectivity index (χ1v) is 4.66. The van der Waals surface area contributed by atoms with E-state index >= 15 is 0 Å². The average Bonchev–Trinajstić information content (AvgIpc) is 2.76. The smallest absolute Gasteiger partial charge is 0.0280 e. The molecule has 56 valence electrons. The molecule has 0 amide bonds. The van der Waals surface area contributed by atoms with Gasteiger partial charge in [0.25, 0.3) is 0 Å². The number of allylic oxidation sites excluding steroid dienone is 2. The summed E-state index contributed by atoms with van der Waals surface area (Å²) in [4.78, 5) is 0. The first-order chi connectivity index (χ1) is 4.97. The molecule has 2 aliphatic rings. The molecule has 0 unspecified atom stereocenters. The Hall–Kier alpha value is -0.260. The van der Waals surface area contributed by atoms with Crippen LogP contribution in [0.3, 0.4) is 0 Å². The van der Waals surface area contributed by atoms with Gasteiger partial charge < -0.3 is 0 Å². The molecule has 0 aromatic rings. The van der Waals surface area contributed by atoms with Crippen LogP contribution >= 0.6 is 0 Å². The Morgan fingerprint density at radius 3 is 1.50 bits per heavy atom. The third-order valence-corrected chi connectivity index (χ3v) is 2.71. The molecule has 2 fully saturated rings. The Bertz CT molecular complexity index is 137. The largest absolute Gasteiger partial charge is 0.0710 e. The lowest BCUT2D eigenvalue weighted by Gasteiger charge is -1.98. The van der Waals surface area contributed by atoms with Crippen LogP contribution in [-0.2, 0) is 0 Å². The Morgan fingerprint density at radius 1 is 0.500 bits per heavy atom. The molecule has 0 spiro atoms. The second-order valence-corrected chi connectivity index (χ2v) is 3.62. The van der Waals surface area contributed by atoms with Crippen molar-refractivity contribution in [3.63, 3.8) is 0 Å². The van der Waals surface area contributed by atoms with Gasteiger partial charge in [-0.15, -0.1) is 0 Å². The van der Waals surface area contributed by atoms with Gasteiger partial charge in [0.05, 0.1) is 0 Å². The van der Waals surface area contributed by atoms with Crippen molar-refractivity contribution in [2.24, 2.45) is 0 Å². The molecule has 0 aromatic carbocycles. The van der Waals surface area contributed by atoms with E-state index in [1.54, 1.807) is 0 Å². The van der Waals surface area contributed by atoms with Crippen LogP contribution < -0.4 is 0 Å². The quantitative estimate of drug-likeness (QED) is 0.353. The molecular weight excluding hydrogens is 120 g/mol. The van der Waals surface area contributed by atoms with E-state index in [0.717, 1.165) is 0 Å². The van der Waals surface area contributed by atoms with E-state index in [9.17, 15) is 0 Å². The predicted molar refractivity (Wildman–Crippen MR) is 44.0 cm³/mol. The first-order valence-electron chi connectivity index (χ1n) is 4.66. The molecule has 10 heavy (non-hydrogen) atoms. The van der Waals surface area contributed by atoms with Crippen molar-refractivity contribution in [2.75, 3.05) is 0 Å². The molecule has 2 rings (SSSR count). The summed E-state index contributed by atoms with van der Waals surface area (Å²) in [6, 6.07) is 0. The second-order valence-electron chi connectivity index (χ2n) is 3.62. The standard InChI is InChI=1S/C10H16/c1-2-4-6-9(5-3-1)10-7-8-10/h1-8H2. The molecule has 0 bridgehead atoms. The summed E-state index contributed by atoms with van der Waals surface area (Å²) in [5, 5.41) is 0. The molecule has 0 heteroatoms. The second kappa shape index (κ2) is 2.77. The van der Waals surface area contributed by atoms with Crippen LogP contribution in [0.2, 0.25) is 0 Å². The Balaban J connectivity index is 2.00. The zero-order chi connectivity index (χ0) is 6.81. The maximum absolute atomic E-state index is 1.84. The monoisotopic (exact) mass is 136 g/mol. The number of hydrogen-bond donors (Lipinski definition) is 0. The minimum absolute atomic E-state index is 1.44. The summed E-state index contributed by atoms with van der Waals surface area (Å²) in [5.74, 6) is 0. The van der Waals surface area contributed by atoms with Crippen LogP contribution in [-0.4, -0.2) is 0 Å². The third kappa shape index (κ3) is 1.42. The van der Waals surface area contributed by atoms with E-state index in [-0.39, 0.29) is 0 Å². The van der Waals surface area contributed by atoms with Crippen molar-refractivity contribution in [3.8, 4) is 0 Å². The lowest BCUT2D eigenvalue weighted by Crippen LogP contribution is -1.78. The highest BCUT2D eigenvalue weighted by Crippen LogP contribution is 2.37. The zero-order valence-corrected chi connectivity index (χ0v) is 6.66. The van der Waals surface area contributed by atoms with E-state index < -0.39 is 0 Å². The SMILES string of the molecule is C1CCCC(=C2CC2)CC1. The van der Waals surface area contributed by atoms with Crippen LogP contribution in [0.15, 0.2) is 11.1 Å². The normalized spacial score (nSPS) is 26.4. The Labute approximate surface area is 63.3 Å². The van der Waals surface area contributed by atoms with Crippen LogP contribution in [0.4, 0.5) is 0 Å². The molecule has 0 saturated heterocycles. The predicted octanol–water partition coefficient (Wildman–Crippen LogP) is 3.43. The number of hydrogen-bond acceptors (Lipinski definition) is 0. The van der Waals surface area contributed by atoms with Gasteiger partial charge in [-0.1, -0.05) is 24.0 Å². The topological polar surface area (TPSA) is 0 Å². The molecule has 2 saturated carbocycles. The highest BCUT2D eigenvalue weighted by atomic mass is 14.2. The highest BCUT2D eigenvalue weighted by molar-refractivity contribution is 5.25. The van der Waals surface area contributed by atoms with Crippen LogP contribution in [0, 0.1) is 0 Å². The van der Waals surface area contributed by atoms with Gasteiger partial charge in [-0.25, -0.2) is 0 Å². The molecule has 0 N–H and O–H groups in total. The fraction of sp³-hybridized carbons (Fsp3) is 0.800. The van der Waals surface area contributed by atoms with Crippen molar-refractivity contribution in [2.45, 2.75) is 51.4 Å². The van der Waals surface area contributed by atoms with Gasteiger partial charge in [-0.2, -0.15) is 0 Å². The molecule has 0 atom stereocenters. The molecule has 0 aromatic heterocycles. The van der Waals surface area contributed by atoms with Gasteiger partial charge in [0, 0.05) is 0 Å². The lowest BCUT2D eigenvalue weighted by atomic mass is 10.1. The van der Waals surface area contributed by atoms with Crippen molar-refractivity contribution >= 4 is 0 Å². The lowest BCUT2D eigenvalue weighted by molar-refractivity contribution is 0.702. The van der Waals surface area contributed by atoms with Crippen LogP contribution in [0.1, 0.15) is 51.4 Å². The zero-order valence-electron chi connectivity index (χ0n) is 6.66. The summed E-state index contributed by atoms with van der Waals surface area (Å²) in [7, 11) is 0. The molecule has 0 radical (unpaired) electrons. The molecule has 0 aliphatic heterocycles. The fourth-order valence-electron chi connectivity index (χ4n) is 1.92. The van der Waals surface area contributed by atoms with E-state index in [4.69, 9.17) is 0 Å². The van der Waals surface area contributed by atoms with Gasteiger partial charge in [-0.05, 0) is 38.5 Å². The van der Waals surface area contributed by atoms with Gasteiger partial charge in [0.2, 0.25) is 0 Å². The molecule has 0 heterocycles. The molecular formula is C10H16. The summed E-state index contributed by atoms with van der Waals surface area (Å²) in [6.07, 6.45) is 11.7. The number of rotatable bonds is 0. The minimum Gasteiger partial charge on any atom is -0.0710 e. The maximum Gasteiger partial charge on any atom is -0.0280 e. The van der Waals surface area contributed by atoms with Gasteiger partial charge >= 0.3 is 0 Å². The van der Waals surface area contributed by atoms with E-state index in [1.807, 2.05) is 11.1 Å². The van der Waals surface area contributed by atoms with Crippen molar-refractivity contribution in [1.82, 2.24) is 0 Å². The minimum atomic E-state index is 1.44. The average molecular weight is 136 g/mol. The van der Waals surface area contributed by atoms with E-state index in [2.05, 4.69) is 0 Å². The summed E-state index contributed by atoms with van der Waals surface area (Å²) < 4.78 is 0. The fourth-order valence-corrected chi connectivity index (χ4v) is 1.92. The van der Waals surface area contributed by atoms with Crippen molar-refractivity contribution in [1.29, 1.82) is 0 Å².